The van der Waals surface area contributed by atoms with Crippen molar-refractivity contribution in [1.82, 2.24) is 5.43 Å². The van der Waals surface area contributed by atoms with E-state index in [0.29, 0.717) is 5.22 Å². The lowest BCUT2D eigenvalue weighted by Crippen LogP contribution is -2.29. The minimum absolute atomic E-state index is 0.0719. The van der Waals surface area contributed by atoms with E-state index in [1.54, 1.807) is 6.07 Å². The average molecular weight is 265 g/mol. The molecule has 1 heterocycles. The van der Waals surface area contributed by atoms with Crippen molar-refractivity contribution in [3.63, 3.8) is 0 Å². The zero-order valence-corrected chi connectivity index (χ0v) is 11.3. The predicted molar refractivity (Wildman–Crippen MR) is 73.4 cm³/mol. The molecule has 0 bridgehead atoms. The molecule has 0 saturated carbocycles. The predicted octanol–water partition coefficient (Wildman–Crippen LogP) is 3.30. The summed E-state index contributed by atoms with van der Waals surface area (Å²) in [5.74, 6) is 6.36. The number of furan rings is 1. The molecule has 4 heteroatoms. The molecule has 96 valence electrons. The first-order valence-corrected chi connectivity index (χ1v) is 6.26. The Morgan fingerprint density at radius 3 is 2.39 bits per heavy atom. The summed E-state index contributed by atoms with van der Waals surface area (Å²) in [5, 5.41) is 0.381. The molecule has 0 radical (unpaired) electrons. The standard InChI is InChI=1S/C14H17ClN2O/c1-9-4-3-5-10(2)11(9)8-12(17-16)13-6-7-14(15)18-13/h3-7,12,17H,8,16H2,1-2H3. The van der Waals surface area contributed by atoms with Crippen LogP contribution in [0.15, 0.2) is 34.7 Å². The van der Waals surface area contributed by atoms with Crippen LogP contribution in [-0.4, -0.2) is 0 Å². The van der Waals surface area contributed by atoms with Gasteiger partial charge in [0, 0.05) is 0 Å². The summed E-state index contributed by atoms with van der Waals surface area (Å²) in [7, 11) is 0. The van der Waals surface area contributed by atoms with Gasteiger partial charge in [-0.25, -0.2) is 5.43 Å². The minimum Gasteiger partial charge on any atom is -0.448 e. The highest BCUT2D eigenvalue weighted by atomic mass is 35.5. The fraction of sp³-hybridized carbons (Fsp3) is 0.286. The van der Waals surface area contributed by atoms with Crippen molar-refractivity contribution in [2.24, 2.45) is 5.84 Å². The van der Waals surface area contributed by atoms with E-state index >= 15 is 0 Å². The number of hydrogen-bond donors (Lipinski definition) is 2. The molecule has 3 nitrogen and oxygen atoms in total. The smallest absolute Gasteiger partial charge is 0.193 e. The summed E-state index contributed by atoms with van der Waals surface area (Å²) < 4.78 is 5.41. The second-order valence-corrected chi connectivity index (χ2v) is 4.81. The largest absolute Gasteiger partial charge is 0.448 e. The Balaban J connectivity index is 2.26. The normalized spacial score (nSPS) is 12.7. The van der Waals surface area contributed by atoms with E-state index in [0.717, 1.165) is 12.2 Å². The maximum Gasteiger partial charge on any atom is 0.193 e. The highest BCUT2D eigenvalue weighted by Gasteiger charge is 2.16. The van der Waals surface area contributed by atoms with E-state index in [4.69, 9.17) is 21.9 Å². The number of rotatable bonds is 4. The summed E-state index contributed by atoms with van der Waals surface area (Å²) in [6, 6.07) is 9.77. The molecule has 0 fully saturated rings. The summed E-state index contributed by atoms with van der Waals surface area (Å²) in [6.07, 6.45) is 0.777. The minimum atomic E-state index is -0.0719. The Labute approximate surface area is 112 Å². The molecule has 2 rings (SSSR count). The van der Waals surface area contributed by atoms with Crippen molar-refractivity contribution in [2.45, 2.75) is 26.3 Å². The van der Waals surface area contributed by atoms with Crippen molar-refractivity contribution in [2.75, 3.05) is 0 Å². The first-order valence-electron chi connectivity index (χ1n) is 5.88. The van der Waals surface area contributed by atoms with Gasteiger partial charge in [0.05, 0.1) is 6.04 Å². The highest BCUT2D eigenvalue weighted by Crippen LogP contribution is 2.25. The number of halogens is 1. The number of benzene rings is 1. The SMILES string of the molecule is Cc1cccc(C)c1CC(NN)c1ccc(Cl)o1. The highest BCUT2D eigenvalue weighted by molar-refractivity contribution is 6.28. The monoisotopic (exact) mass is 264 g/mol. The molecule has 1 aromatic carbocycles. The third-order valence-electron chi connectivity index (χ3n) is 3.19. The van der Waals surface area contributed by atoms with Gasteiger partial charge in [0.15, 0.2) is 5.22 Å². The first-order chi connectivity index (χ1) is 8.61. The van der Waals surface area contributed by atoms with Crippen molar-refractivity contribution < 1.29 is 4.42 Å². The van der Waals surface area contributed by atoms with Crippen LogP contribution >= 0.6 is 11.6 Å². The van der Waals surface area contributed by atoms with E-state index in [1.807, 2.05) is 6.07 Å². The lowest BCUT2D eigenvalue weighted by molar-refractivity contribution is 0.416. The fourth-order valence-electron chi connectivity index (χ4n) is 2.13. The summed E-state index contributed by atoms with van der Waals surface area (Å²) in [6.45, 7) is 4.20. The molecule has 0 aliphatic carbocycles. The van der Waals surface area contributed by atoms with Gasteiger partial charge in [-0.1, -0.05) is 18.2 Å². The second-order valence-electron chi connectivity index (χ2n) is 4.44. The molecule has 0 amide bonds. The molecule has 0 spiro atoms. The topological polar surface area (TPSA) is 51.2 Å². The maximum atomic E-state index is 5.79. The third-order valence-corrected chi connectivity index (χ3v) is 3.39. The molecule has 1 unspecified atom stereocenters. The quantitative estimate of drug-likeness (QED) is 0.658. The Kier molecular flexibility index (Phi) is 4.07. The van der Waals surface area contributed by atoms with E-state index in [1.165, 1.54) is 16.7 Å². The van der Waals surface area contributed by atoms with Gasteiger partial charge < -0.3 is 4.42 Å². The van der Waals surface area contributed by atoms with E-state index < -0.39 is 0 Å². The van der Waals surface area contributed by atoms with Crippen LogP contribution in [0.3, 0.4) is 0 Å². The lowest BCUT2D eigenvalue weighted by Gasteiger charge is -2.16. The molecule has 0 saturated heterocycles. The van der Waals surface area contributed by atoms with E-state index in [2.05, 4.69) is 37.5 Å². The van der Waals surface area contributed by atoms with Gasteiger partial charge in [-0.3, -0.25) is 5.84 Å². The van der Waals surface area contributed by atoms with Gasteiger partial charge in [-0.2, -0.15) is 0 Å². The Bertz CT molecular complexity index is 516. The second kappa shape index (κ2) is 5.57. The van der Waals surface area contributed by atoms with Crippen LogP contribution in [0.25, 0.3) is 0 Å². The molecular formula is C14H17ClN2O. The number of aryl methyl sites for hydroxylation is 2. The van der Waals surface area contributed by atoms with Gasteiger partial charge >= 0.3 is 0 Å². The molecule has 18 heavy (non-hydrogen) atoms. The van der Waals surface area contributed by atoms with Gasteiger partial charge in [-0.05, 0) is 60.7 Å². The average Bonchev–Trinajstić information content (AvgIpc) is 2.76. The molecule has 0 aliphatic heterocycles. The summed E-state index contributed by atoms with van der Waals surface area (Å²) in [4.78, 5) is 0. The third kappa shape index (κ3) is 2.75. The van der Waals surface area contributed by atoms with Crippen molar-refractivity contribution in [3.8, 4) is 0 Å². The molecule has 3 N–H and O–H groups in total. The number of hydrogen-bond acceptors (Lipinski definition) is 3. The number of hydrazine groups is 1. The summed E-state index contributed by atoms with van der Waals surface area (Å²) in [5.41, 5.74) is 6.58. The zero-order chi connectivity index (χ0) is 13.1. The molecule has 1 aromatic heterocycles. The van der Waals surface area contributed by atoms with Crippen molar-refractivity contribution >= 4 is 11.6 Å². The summed E-state index contributed by atoms with van der Waals surface area (Å²) >= 11 is 5.79. The zero-order valence-electron chi connectivity index (χ0n) is 10.5. The molecule has 0 aliphatic rings. The molecule has 2 aromatic rings. The fourth-order valence-corrected chi connectivity index (χ4v) is 2.28. The van der Waals surface area contributed by atoms with Crippen molar-refractivity contribution in [1.29, 1.82) is 0 Å². The van der Waals surface area contributed by atoms with Crippen LogP contribution < -0.4 is 11.3 Å². The number of nitrogens with two attached hydrogens (primary N) is 1. The lowest BCUT2D eigenvalue weighted by atomic mass is 9.96. The van der Waals surface area contributed by atoms with Gasteiger partial charge in [0.2, 0.25) is 0 Å². The van der Waals surface area contributed by atoms with E-state index in [9.17, 15) is 0 Å². The van der Waals surface area contributed by atoms with Gasteiger partial charge in [0.1, 0.15) is 5.76 Å². The first kappa shape index (κ1) is 13.1. The number of nitrogens with one attached hydrogen (secondary N) is 1. The Morgan fingerprint density at radius 1 is 1.22 bits per heavy atom. The Hall–Kier alpha value is -1.29. The van der Waals surface area contributed by atoms with Crippen LogP contribution in [-0.2, 0) is 6.42 Å². The molecular weight excluding hydrogens is 248 g/mol. The van der Waals surface area contributed by atoms with Crippen LogP contribution in [0, 0.1) is 13.8 Å². The van der Waals surface area contributed by atoms with Crippen LogP contribution in [0.5, 0.6) is 0 Å². The van der Waals surface area contributed by atoms with Crippen LogP contribution in [0.1, 0.15) is 28.5 Å². The molecule has 1 atom stereocenters. The van der Waals surface area contributed by atoms with Gasteiger partial charge in [0.25, 0.3) is 0 Å². The Morgan fingerprint density at radius 2 is 1.89 bits per heavy atom. The van der Waals surface area contributed by atoms with Crippen molar-refractivity contribution in [3.05, 3.63) is 58.0 Å². The van der Waals surface area contributed by atoms with Crippen LogP contribution in [0.4, 0.5) is 0 Å². The van der Waals surface area contributed by atoms with E-state index in [-0.39, 0.29) is 6.04 Å². The van der Waals surface area contributed by atoms with Gasteiger partial charge in [-0.15, -0.1) is 0 Å². The maximum absolute atomic E-state index is 5.79. The van der Waals surface area contributed by atoms with Crippen LogP contribution in [0.2, 0.25) is 5.22 Å².